The zero-order chi connectivity index (χ0) is 25.7. The van der Waals surface area contributed by atoms with Crippen LogP contribution in [0.25, 0.3) is 0 Å². The summed E-state index contributed by atoms with van der Waals surface area (Å²) >= 11 is 0. The minimum Gasteiger partial charge on any atom is -0.352 e. The third-order valence-corrected chi connectivity index (χ3v) is 6.29. The van der Waals surface area contributed by atoms with Crippen LogP contribution in [0.5, 0.6) is 0 Å². The Kier molecular flexibility index (Phi) is 8.53. The first-order valence-corrected chi connectivity index (χ1v) is 11.6. The molecule has 0 spiro atoms. The van der Waals surface area contributed by atoms with Gasteiger partial charge in [-0.3, -0.25) is 14.4 Å². The van der Waals surface area contributed by atoms with Gasteiger partial charge in [0.25, 0.3) is 5.91 Å². The van der Waals surface area contributed by atoms with Crippen LogP contribution in [0.15, 0.2) is 36.4 Å². The Morgan fingerprint density at radius 2 is 1.63 bits per heavy atom. The van der Waals surface area contributed by atoms with Crippen LogP contribution >= 0.6 is 0 Å². The highest BCUT2D eigenvalue weighted by molar-refractivity contribution is 5.98. The van der Waals surface area contributed by atoms with Gasteiger partial charge in [-0.15, -0.1) is 0 Å². The number of amides is 3. The van der Waals surface area contributed by atoms with Gasteiger partial charge < -0.3 is 15.5 Å². The number of nitrogens with zero attached hydrogens (tertiary/aromatic N) is 1. The lowest BCUT2D eigenvalue weighted by Gasteiger charge is -2.35. The monoisotopic (exact) mass is 489 g/mol. The molecule has 1 atom stereocenters. The van der Waals surface area contributed by atoms with E-state index in [9.17, 15) is 27.6 Å². The Morgan fingerprint density at radius 3 is 2.20 bits per heavy atom. The van der Waals surface area contributed by atoms with Crippen molar-refractivity contribution >= 4 is 17.7 Å². The summed E-state index contributed by atoms with van der Waals surface area (Å²) in [7, 11) is 0. The van der Waals surface area contributed by atoms with Crippen LogP contribution in [0.3, 0.4) is 0 Å². The largest absolute Gasteiger partial charge is 0.352 e. The Bertz CT molecular complexity index is 1080. The van der Waals surface area contributed by atoms with Crippen molar-refractivity contribution in [1.82, 2.24) is 15.5 Å². The van der Waals surface area contributed by atoms with Crippen LogP contribution in [-0.4, -0.2) is 41.8 Å². The third kappa shape index (κ3) is 6.41. The van der Waals surface area contributed by atoms with Crippen molar-refractivity contribution in [3.05, 3.63) is 70.5 Å². The number of hydrogen-bond donors (Lipinski definition) is 2. The van der Waals surface area contributed by atoms with Gasteiger partial charge in [-0.2, -0.15) is 0 Å². The summed E-state index contributed by atoms with van der Waals surface area (Å²) < 4.78 is 41.7. The third-order valence-electron chi connectivity index (χ3n) is 6.29. The van der Waals surface area contributed by atoms with E-state index < -0.39 is 29.1 Å². The second-order valence-electron chi connectivity index (χ2n) is 9.19. The second kappa shape index (κ2) is 11.4. The van der Waals surface area contributed by atoms with Gasteiger partial charge in [0.2, 0.25) is 11.8 Å². The molecular weight excluding hydrogens is 459 g/mol. The minimum atomic E-state index is -1.00. The van der Waals surface area contributed by atoms with Gasteiger partial charge in [-0.05, 0) is 55.0 Å². The molecule has 1 fully saturated rings. The van der Waals surface area contributed by atoms with Gasteiger partial charge in [0.05, 0.1) is 0 Å². The summed E-state index contributed by atoms with van der Waals surface area (Å²) in [6.45, 7) is 5.96. The predicted molar refractivity (Wildman–Crippen MR) is 125 cm³/mol. The number of benzene rings is 2. The molecule has 0 aromatic heterocycles. The fraction of sp³-hybridized carbons (Fsp3) is 0.423. The zero-order valence-electron chi connectivity index (χ0n) is 20.0. The van der Waals surface area contributed by atoms with Gasteiger partial charge in [0, 0.05) is 25.6 Å². The Hall–Kier alpha value is -3.36. The molecule has 1 heterocycles. The lowest BCUT2D eigenvalue weighted by molar-refractivity contribution is -0.138. The number of rotatable bonds is 7. The predicted octanol–water partition coefficient (Wildman–Crippen LogP) is 3.72. The van der Waals surface area contributed by atoms with Crippen molar-refractivity contribution in [3.63, 3.8) is 0 Å². The second-order valence-corrected chi connectivity index (χ2v) is 9.19. The SMILES string of the molecule is Cc1ccc(CNC(=O)C2CCN(C(=O)[C@@H](NC(=O)c3c(F)cccc3F)C(C)C)CC2)cc1F. The van der Waals surface area contributed by atoms with E-state index in [0.29, 0.717) is 37.1 Å². The maximum Gasteiger partial charge on any atom is 0.257 e. The maximum atomic E-state index is 14.0. The van der Waals surface area contributed by atoms with Crippen LogP contribution in [-0.2, 0) is 16.1 Å². The standard InChI is InChI=1S/C26H30F3N3O3/c1-15(2)23(31-25(34)22-19(27)5-4-6-20(22)28)26(35)32-11-9-18(10-12-32)24(33)30-14-17-8-7-16(3)21(29)13-17/h4-8,13,15,18,23H,9-12,14H2,1-3H3,(H,30,33)(H,31,34)/t23-/m0/s1. The summed E-state index contributed by atoms with van der Waals surface area (Å²) in [5.41, 5.74) is 0.470. The highest BCUT2D eigenvalue weighted by Crippen LogP contribution is 2.21. The van der Waals surface area contributed by atoms with Crippen molar-refractivity contribution in [2.75, 3.05) is 13.1 Å². The van der Waals surface area contributed by atoms with E-state index in [1.807, 2.05) is 0 Å². The molecule has 0 radical (unpaired) electrons. The maximum absolute atomic E-state index is 14.0. The van der Waals surface area contributed by atoms with Crippen molar-refractivity contribution in [3.8, 4) is 0 Å². The van der Waals surface area contributed by atoms with E-state index in [1.54, 1.807) is 37.8 Å². The zero-order valence-corrected chi connectivity index (χ0v) is 20.0. The number of hydrogen-bond acceptors (Lipinski definition) is 3. The number of carbonyl (C=O) groups excluding carboxylic acids is 3. The van der Waals surface area contributed by atoms with Crippen LogP contribution < -0.4 is 10.6 Å². The highest BCUT2D eigenvalue weighted by Gasteiger charge is 2.34. The molecule has 1 aliphatic rings. The van der Waals surface area contributed by atoms with E-state index >= 15 is 0 Å². The van der Waals surface area contributed by atoms with Crippen LogP contribution in [0, 0.1) is 36.2 Å². The highest BCUT2D eigenvalue weighted by atomic mass is 19.1. The molecule has 6 nitrogen and oxygen atoms in total. The molecular formula is C26H30F3N3O3. The van der Waals surface area contributed by atoms with E-state index in [-0.39, 0.29) is 36.0 Å². The normalized spacial score (nSPS) is 15.1. The van der Waals surface area contributed by atoms with E-state index in [1.165, 1.54) is 6.07 Å². The fourth-order valence-electron chi connectivity index (χ4n) is 4.08. The molecule has 2 aromatic rings. The molecule has 35 heavy (non-hydrogen) atoms. The molecule has 0 saturated carbocycles. The molecule has 3 rings (SSSR count). The number of carbonyl (C=O) groups is 3. The molecule has 0 bridgehead atoms. The number of aryl methyl sites for hydroxylation is 1. The first-order chi connectivity index (χ1) is 16.6. The van der Waals surface area contributed by atoms with Gasteiger partial charge in [-0.25, -0.2) is 13.2 Å². The average Bonchev–Trinajstić information content (AvgIpc) is 2.82. The molecule has 2 aromatic carbocycles. The molecule has 3 amide bonds. The summed E-state index contributed by atoms with van der Waals surface area (Å²) in [6.07, 6.45) is 0.862. The molecule has 0 unspecified atom stereocenters. The molecule has 0 aliphatic carbocycles. The van der Waals surface area contributed by atoms with Crippen LogP contribution in [0.4, 0.5) is 13.2 Å². The summed E-state index contributed by atoms with van der Waals surface area (Å²) in [4.78, 5) is 39.8. The number of piperidine rings is 1. The Labute approximate surface area is 202 Å². The quantitative estimate of drug-likeness (QED) is 0.622. The summed E-state index contributed by atoms with van der Waals surface area (Å²) in [5, 5.41) is 5.29. The fourth-order valence-corrected chi connectivity index (χ4v) is 4.08. The average molecular weight is 490 g/mol. The van der Waals surface area contributed by atoms with Gasteiger partial charge in [0.1, 0.15) is 29.1 Å². The molecule has 188 valence electrons. The van der Waals surface area contributed by atoms with E-state index in [2.05, 4.69) is 10.6 Å². The minimum absolute atomic E-state index is 0.165. The summed E-state index contributed by atoms with van der Waals surface area (Å²) in [6, 6.07) is 6.96. The Morgan fingerprint density at radius 1 is 1.00 bits per heavy atom. The van der Waals surface area contributed by atoms with Crippen molar-refractivity contribution < 1.29 is 27.6 Å². The van der Waals surface area contributed by atoms with Gasteiger partial charge in [0.15, 0.2) is 0 Å². The Balaban J connectivity index is 1.55. The molecule has 1 aliphatic heterocycles. The topological polar surface area (TPSA) is 78.5 Å². The van der Waals surface area contributed by atoms with E-state index in [0.717, 1.165) is 18.2 Å². The number of halogens is 3. The van der Waals surface area contributed by atoms with Crippen LogP contribution in [0.2, 0.25) is 0 Å². The molecule has 9 heteroatoms. The smallest absolute Gasteiger partial charge is 0.257 e. The van der Waals surface area contributed by atoms with Crippen LogP contribution in [0.1, 0.15) is 48.2 Å². The van der Waals surface area contributed by atoms with Crippen molar-refractivity contribution in [2.24, 2.45) is 11.8 Å². The first-order valence-electron chi connectivity index (χ1n) is 11.6. The number of nitrogens with one attached hydrogen (secondary N) is 2. The van der Waals surface area contributed by atoms with E-state index in [4.69, 9.17) is 0 Å². The molecule has 1 saturated heterocycles. The lowest BCUT2D eigenvalue weighted by atomic mass is 9.94. The van der Waals surface area contributed by atoms with Crippen molar-refractivity contribution in [1.29, 1.82) is 0 Å². The summed E-state index contributed by atoms with van der Waals surface area (Å²) in [5.74, 6) is -4.47. The lowest BCUT2D eigenvalue weighted by Crippen LogP contribution is -2.53. The number of likely N-dealkylation sites (tertiary alicyclic amines) is 1. The molecule has 2 N–H and O–H groups in total. The first kappa shape index (κ1) is 26.2. The van der Waals surface area contributed by atoms with Gasteiger partial charge >= 0.3 is 0 Å². The van der Waals surface area contributed by atoms with Gasteiger partial charge in [-0.1, -0.05) is 32.0 Å². The van der Waals surface area contributed by atoms with Crippen molar-refractivity contribution in [2.45, 2.75) is 46.2 Å².